The summed E-state index contributed by atoms with van der Waals surface area (Å²) in [5.74, 6) is -2.47. The zero-order chi connectivity index (χ0) is 16.7. The smallest absolute Gasteiger partial charge is 0.355 e. The van der Waals surface area contributed by atoms with Crippen molar-refractivity contribution in [2.45, 2.75) is 26.8 Å². The lowest BCUT2D eigenvalue weighted by molar-refractivity contribution is -0.136. The van der Waals surface area contributed by atoms with Gasteiger partial charge < -0.3 is 4.74 Å². The Hall–Kier alpha value is -2.70. The summed E-state index contributed by atoms with van der Waals surface area (Å²) in [6.07, 6.45) is 0. The van der Waals surface area contributed by atoms with E-state index >= 15 is 0 Å². The van der Waals surface area contributed by atoms with Crippen LogP contribution in [0, 0.1) is 19.8 Å². The number of fused-ring (bicyclic) bond motifs is 1. The Morgan fingerprint density at radius 2 is 2.00 bits per heavy atom. The SMILES string of the molecule is CCOC(=O)C1=NN[C@@H]2C(=O)N(c3ccc(C)c(C)c3)C(=O)[C@@H]12. The van der Waals surface area contributed by atoms with Crippen molar-refractivity contribution in [2.24, 2.45) is 11.0 Å². The predicted octanol–water partition coefficient (Wildman–Crippen LogP) is 0.684. The molecular formula is C16H17N3O4. The lowest BCUT2D eigenvalue weighted by Gasteiger charge is -2.17. The first-order valence-corrected chi connectivity index (χ1v) is 7.41. The number of hydrazone groups is 1. The van der Waals surface area contributed by atoms with E-state index in [4.69, 9.17) is 4.74 Å². The Morgan fingerprint density at radius 1 is 1.26 bits per heavy atom. The van der Waals surface area contributed by atoms with Gasteiger partial charge in [0.05, 0.1) is 12.3 Å². The van der Waals surface area contributed by atoms with Crippen LogP contribution in [0.2, 0.25) is 0 Å². The molecule has 3 rings (SSSR count). The Kier molecular flexibility index (Phi) is 3.63. The van der Waals surface area contributed by atoms with Crippen LogP contribution in [0.5, 0.6) is 0 Å². The molecule has 2 atom stereocenters. The number of carbonyl (C=O) groups is 3. The number of esters is 1. The van der Waals surface area contributed by atoms with Crippen LogP contribution >= 0.6 is 0 Å². The number of ether oxygens (including phenoxy) is 1. The third-order valence-corrected chi connectivity index (χ3v) is 4.16. The van der Waals surface area contributed by atoms with Crippen LogP contribution < -0.4 is 10.3 Å². The summed E-state index contributed by atoms with van der Waals surface area (Å²) >= 11 is 0. The van der Waals surface area contributed by atoms with Crippen LogP contribution in [-0.4, -0.2) is 36.1 Å². The van der Waals surface area contributed by atoms with Crippen molar-refractivity contribution in [1.29, 1.82) is 0 Å². The van der Waals surface area contributed by atoms with Crippen LogP contribution in [0.1, 0.15) is 18.1 Å². The number of nitrogens with zero attached hydrogens (tertiary/aromatic N) is 2. The molecule has 0 bridgehead atoms. The molecule has 2 aliphatic heterocycles. The van der Waals surface area contributed by atoms with E-state index in [-0.39, 0.29) is 12.3 Å². The number of hydrogen-bond acceptors (Lipinski definition) is 6. The molecule has 1 aromatic carbocycles. The van der Waals surface area contributed by atoms with Gasteiger partial charge in [-0.3, -0.25) is 15.0 Å². The van der Waals surface area contributed by atoms with Crippen molar-refractivity contribution >= 4 is 29.2 Å². The number of aryl methyl sites for hydroxylation is 2. The fourth-order valence-corrected chi connectivity index (χ4v) is 2.78. The zero-order valence-corrected chi connectivity index (χ0v) is 13.1. The number of amides is 2. The lowest BCUT2D eigenvalue weighted by Crippen LogP contribution is -2.36. The van der Waals surface area contributed by atoms with Crippen molar-refractivity contribution < 1.29 is 19.1 Å². The van der Waals surface area contributed by atoms with Gasteiger partial charge in [0, 0.05) is 0 Å². The van der Waals surface area contributed by atoms with Gasteiger partial charge in [0.1, 0.15) is 12.0 Å². The van der Waals surface area contributed by atoms with Gasteiger partial charge in [0.15, 0.2) is 5.71 Å². The van der Waals surface area contributed by atoms with Gasteiger partial charge in [-0.15, -0.1) is 0 Å². The van der Waals surface area contributed by atoms with E-state index in [1.54, 1.807) is 19.1 Å². The van der Waals surface area contributed by atoms with E-state index in [9.17, 15) is 14.4 Å². The molecular weight excluding hydrogens is 298 g/mol. The minimum absolute atomic E-state index is 0.0402. The van der Waals surface area contributed by atoms with Crippen LogP contribution in [0.3, 0.4) is 0 Å². The van der Waals surface area contributed by atoms with Crippen molar-refractivity contribution in [3.63, 3.8) is 0 Å². The lowest BCUT2D eigenvalue weighted by atomic mass is 9.99. The van der Waals surface area contributed by atoms with Gasteiger partial charge in [-0.2, -0.15) is 5.10 Å². The molecule has 1 saturated heterocycles. The fraction of sp³-hybridized carbons (Fsp3) is 0.375. The first-order valence-electron chi connectivity index (χ1n) is 7.41. The summed E-state index contributed by atoms with van der Waals surface area (Å²) in [7, 11) is 0. The molecule has 0 radical (unpaired) electrons. The summed E-state index contributed by atoms with van der Waals surface area (Å²) in [4.78, 5) is 38.2. The molecule has 1 N–H and O–H groups in total. The highest BCUT2D eigenvalue weighted by atomic mass is 16.5. The average Bonchev–Trinajstić information content (AvgIpc) is 3.04. The second-order valence-electron chi connectivity index (χ2n) is 5.58. The molecule has 0 spiro atoms. The molecule has 1 aromatic rings. The van der Waals surface area contributed by atoms with Gasteiger partial charge in [-0.25, -0.2) is 9.69 Å². The molecule has 2 heterocycles. The van der Waals surface area contributed by atoms with Gasteiger partial charge in [0.25, 0.3) is 5.91 Å². The van der Waals surface area contributed by atoms with Gasteiger partial charge >= 0.3 is 5.97 Å². The highest BCUT2D eigenvalue weighted by Gasteiger charge is 2.55. The van der Waals surface area contributed by atoms with Crippen molar-refractivity contribution in [3.8, 4) is 0 Å². The van der Waals surface area contributed by atoms with Crippen molar-refractivity contribution in [2.75, 3.05) is 11.5 Å². The van der Waals surface area contributed by atoms with E-state index in [0.29, 0.717) is 5.69 Å². The number of imide groups is 1. The molecule has 0 unspecified atom stereocenters. The Labute approximate surface area is 133 Å². The quantitative estimate of drug-likeness (QED) is 0.655. The second-order valence-corrected chi connectivity index (χ2v) is 5.58. The highest BCUT2D eigenvalue weighted by Crippen LogP contribution is 2.31. The van der Waals surface area contributed by atoms with Crippen LogP contribution in [-0.2, 0) is 19.1 Å². The van der Waals surface area contributed by atoms with Crippen LogP contribution in [0.25, 0.3) is 0 Å². The minimum atomic E-state index is -0.928. The van der Waals surface area contributed by atoms with E-state index in [2.05, 4.69) is 10.5 Å². The molecule has 7 heteroatoms. The maximum absolute atomic E-state index is 12.7. The summed E-state index contributed by atoms with van der Waals surface area (Å²) in [5, 5.41) is 3.82. The molecule has 2 aliphatic rings. The molecule has 0 aromatic heterocycles. The average molecular weight is 315 g/mol. The number of hydrogen-bond donors (Lipinski definition) is 1. The van der Waals surface area contributed by atoms with Gasteiger partial charge in [0.2, 0.25) is 5.91 Å². The van der Waals surface area contributed by atoms with Crippen LogP contribution in [0.4, 0.5) is 5.69 Å². The second kappa shape index (κ2) is 5.49. The Bertz CT molecular complexity index is 741. The fourth-order valence-electron chi connectivity index (χ4n) is 2.78. The van der Waals surface area contributed by atoms with Gasteiger partial charge in [-0.05, 0) is 44.0 Å². The molecule has 23 heavy (non-hydrogen) atoms. The van der Waals surface area contributed by atoms with Gasteiger partial charge in [-0.1, -0.05) is 6.07 Å². The largest absolute Gasteiger partial charge is 0.461 e. The number of anilines is 1. The Morgan fingerprint density at radius 3 is 2.65 bits per heavy atom. The van der Waals surface area contributed by atoms with E-state index in [1.807, 2.05) is 19.9 Å². The normalized spacial score (nSPS) is 22.7. The summed E-state index contributed by atoms with van der Waals surface area (Å²) in [6.45, 7) is 5.71. The third-order valence-electron chi connectivity index (χ3n) is 4.16. The zero-order valence-electron chi connectivity index (χ0n) is 13.1. The third kappa shape index (κ3) is 2.28. The number of carbonyl (C=O) groups excluding carboxylic acids is 3. The summed E-state index contributed by atoms with van der Waals surface area (Å²) in [6, 6.07) is 4.52. The number of nitrogens with one attached hydrogen (secondary N) is 1. The van der Waals surface area contributed by atoms with Crippen molar-refractivity contribution in [1.82, 2.24) is 5.43 Å². The predicted molar refractivity (Wildman–Crippen MR) is 82.9 cm³/mol. The maximum atomic E-state index is 12.7. The maximum Gasteiger partial charge on any atom is 0.355 e. The highest BCUT2D eigenvalue weighted by molar-refractivity contribution is 6.46. The van der Waals surface area contributed by atoms with E-state index in [0.717, 1.165) is 16.0 Å². The molecule has 0 saturated carbocycles. The first-order chi connectivity index (χ1) is 11.0. The van der Waals surface area contributed by atoms with Crippen LogP contribution in [0.15, 0.2) is 23.3 Å². The number of rotatable bonds is 3. The molecule has 0 aliphatic carbocycles. The van der Waals surface area contributed by atoms with E-state index in [1.165, 1.54) is 0 Å². The van der Waals surface area contributed by atoms with Crippen molar-refractivity contribution in [3.05, 3.63) is 29.3 Å². The summed E-state index contributed by atoms with van der Waals surface area (Å²) < 4.78 is 4.90. The number of benzene rings is 1. The summed E-state index contributed by atoms with van der Waals surface area (Å²) in [5.41, 5.74) is 5.10. The Balaban J connectivity index is 1.93. The molecule has 1 fully saturated rings. The molecule has 120 valence electrons. The monoisotopic (exact) mass is 315 g/mol. The standard InChI is InChI=1S/C16H17N3O4/c1-4-23-16(22)13-11-12(17-18-13)15(21)19(14(11)20)10-6-5-8(2)9(3)7-10/h5-7,11-12,17H,4H2,1-3H3/t11-,12+/m1/s1. The van der Waals surface area contributed by atoms with E-state index < -0.39 is 29.7 Å². The minimum Gasteiger partial charge on any atom is -0.461 e. The first kappa shape index (κ1) is 15.2. The topological polar surface area (TPSA) is 88.1 Å². The molecule has 2 amide bonds. The molecule has 7 nitrogen and oxygen atoms in total.